The molecule has 0 spiro atoms. The molecular weight excluding hydrogens is 532 g/mol. The average molecular weight is 565 g/mol. The highest BCUT2D eigenvalue weighted by molar-refractivity contribution is 6.09. The lowest BCUT2D eigenvalue weighted by Gasteiger charge is -2.28. The SMILES string of the molecule is CC(C)(C)OC(=O)N(CCOC(=O)NNC(=O)c1nccc2ccccc12)Cc1cc2ccccc2c2ccccc12. The summed E-state index contributed by atoms with van der Waals surface area (Å²) in [4.78, 5) is 43.9. The average Bonchev–Trinajstić information content (AvgIpc) is 2.98. The van der Waals surface area contributed by atoms with E-state index in [0.29, 0.717) is 5.39 Å². The van der Waals surface area contributed by atoms with Gasteiger partial charge in [-0.3, -0.25) is 15.2 Å². The molecule has 0 saturated carbocycles. The molecule has 0 aliphatic rings. The Labute approximate surface area is 243 Å². The van der Waals surface area contributed by atoms with E-state index in [1.807, 2.05) is 48.5 Å². The van der Waals surface area contributed by atoms with Crippen LogP contribution in [-0.2, 0) is 16.0 Å². The third-order valence-electron chi connectivity index (χ3n) is 6.63. The van der Waals surface area contributed by atoms with Crippen LogP contribution in [-0.4, -0.2) is 46.7 Å². The first-order valence-electron chi connectivity index (χ1n) is 13.6. The molecule has 0 saturated heterocycles. The van der Waals surface area contributed by atoms with Gasteiger partial charge < -0.3 is 14.4 Å². The van der Waals surface area contributed by atoms with Gasteiger partial charge in [0, 0.05) is 18.1 Å². The van der Waals surface area contributed by atoms with Gasteiger partial charge in [0.15, 0.2) is 0 Å². The monoisotopic (exact) mass is 564 g/mol. The lowest BCUT2D eigenvalue weighted by Crippen LogP contribution is -2.43. The molecule has 42 heavy (non-hydrogen) atoms. The third-order valence-corrected chi connectivity index (χ3v) is 6.63. The summed E-state index contributed by atoms with van der Waals surface area (Å²) in [6.07, 6.45) is 0.127. The number of carbonyl (C=O) groups excluding carboxylic acids is 3. The molecule has 9 heteroatoms. The van der Waals surface area contributed by atoms with Crippen molar-refractivity contribution in [3.8, 4) is 0 Å². The number of fused-ring (bicyclic) bond motifs is 4. The maximum atomic E-state index is 13.2. The number of rotatable bonds is 6. The fourth-order valence-corrected chi connectivity index (χ4v) is 4.78. The molecule has 1 aromatic heterocycles. The van der Waals surface area contributed by atoms with E-state index in [-0.39, 0.29) is 25.4 Å². The van der Waals surface area contributed by atoms with Crippen LogP contribution in [0.3, 0.4) is 0 Å². The standard InChI is InChI=1S/C33H32N4O5/c1-33(2,3)42-32(40)37(21-24-20-23-11-5-6-12-25(23)28-15-9-8-13-26(24)28)18-19-41-31(39)36-35-30(38)29-27-14-7-4-10-22(27)16-17-34-29/h4-17,20H,18-19,21H2,1-3H3,(H,35,38)(H,36,39). The number of aromatic nitrogens is 1. The van der Waals surface area contributed by atoms with Crippen LogP contribution in [0.2, 0.25) is 0 Å². The van der Waals surface area contributed by atoms with Gasteiger partial charge >= 0.3 is 12.2 Å². The zero-order valence-electron chi connectivity index (χ0n) is 23.7. The van der Waals surface area contributed by atoms with Gasteiger partial charge in [0.2, 0.25) is 0 Å². The van der Waals surface area contributed by atoms with Gasteiger partial charge in [0.25, 0.3) is 5.91 Å². The minimum Gasteiger partial charge on any atom is -0.446 e. The number of nitrogens with one attached hydrogen (secondary N) is 2. The molecule has 5 aromatic rings. The Balaban J connectivity index is 1.26. The molecule has 0 radical (unpaired) electrons. The van der Waals surface area contributed by atoms with Crippen LogP contribution in [0.1, 0.15) is 36.8 Å². The minimum atomic E-state index is -0.871. The van der Waals surface area contributed by atoms with Crippen LogP contribution < -0.4 is 10.9 Å². The van der Waals surface area contributed by atoms with Gasteiger partial charge in [-0.15, -0.1) is 0 Å². The van der Waals surface area contributed by atoms with Crippen molar-refractivity contribution in [1.29, 1.82) is 0 Å². The number of pyridine rings is 1. The van der Waals surface area contributed by atoms with Crippen molar-refractivity contribution in [2.75, 3.05) is 13.2 Å². The number of carbonyl (C=O) groups is 3. The van der Waals surface area contributed by atoms with E-state index in [9.17, 15) is 14.4 Å². The molecule has 1 heterocycles. The van der Waals surface area contributed by atoms with E-state index in [4.69, 9.17) is 9.47 Å². The number of ether oxygens (including phenoxy) is 2. The number of hydrogen-bond donors (Lipinski definition) is 2. The van der Waals surface area contributed by atoms with E-state index in [1.54, 1.807) is 39.0 Å². The van der Waals surface area contributed by atoms with Gasteiger partial charge in [-0.2, -0.15) is 0 Å². The fourth-order valence-electron chi connectivity index (χ4n) is 4.78. The number of hydrogen-bond acceptors (Lipinski definition) is 6. The van der Waals surface area contributed by atoms with Crippen LogP contribution in [0.25, 0.3) is 32.3 Å². The van der Waals surface area contributed by atoms with E-state index in [2.05, 4.69) is 34.0 Å². The lowest BCUT2D eigenvalue weighted by molar-refractivity contribution is 0.0190. The summed E-state index contributed by atoms with van der Waals surface area (Å²) in [6.45, 7) is 5.58. The summed E-state index contributed by atoms with van der Waals surface area (Å²) < 4.78 is 10.9. The Bertz CT molecular complexity index is 1770. The first kappa shape index (κ1) is 28.4. The maximum Gasteiger partial charge on any atom is 0.426 e. The molecule has 3 amide bonds. The van der Waals surface area contributed by atoms with E-state index < -0.39 is 23.7 Å². The second-order valence-corrected chi connectivity index (χ2v) is 10.8. The predicted octanol–water partition coefficient (Wildman–Crippen LogP) is 6.35. The van der Waals surface area contributed by atoms with Crippen LogP contribution in [0.5, 0.6) is 0 Å². The summed E-state index contributed by atoms with van der Waals surface area (Å²) in [5, 5.41) is 5.79. The van der Waals surface area contributed by atoms with Gasteiger partial charge in [0.05, 0.1) is 6.54 Å². The van der Waals surface area contributed by atoms with Crippen molar-refractivity contribution in [2.24, 2.45) is 0 Å². The lowest BCUT2D eigenvalue weighted by atomic mass is 9.97. The van der Waals surface area contributed by atoms with E-state index in [1.165, 1.54) is 11.1 Å². The van der Waals surface area contributed by atoms with E-state index >= 15 is 0 Å². The van der Waals surface area contributed by atoms with Gasteiger partial charge in [-0.1, -0.05) is 72.8 Å². The molecule has 5 rings (SSSR count). The molecule has 9 nitrogen and oxygen atoms in total. The highest BCUT2D eigenvalue weighted by atomic mass is 16.6. The molecule has 0 aliphatic heterocycles. The predicted molar refractivity (Wildman–Crippen MR) is 162 cm³/mol. The molecule has 0 unspecified atom stereocenters. The second kappa shape index (κ2) is 12.1. The zero-order chi connectivity index (χ0) is 29.7. The first-order chi connectivity index (χ1) is 20.2. The zero-order valence-corrected chi connectivity index (χ0v) is 23.7. The number of benzene rings is 4. The Hall–Kier alpha value is -5.18. The highest BCUT2D eigenvalue weighted by Crippen LogP contribution is 2.29. The quantitative estimate of drug-likeness (QED) is 0.184. The van der Waals surface area contributed by atoms with E-state index in [0.717, 1.165) is 32.5 Å². The summed E-state index contributed by atoms with van der Waals surface area (Å²) in [5.41, 5.74) is 4.98. The van der Waals surface area contributed by atoms with Crippen LogP contribution in [0.4, 0.5) is 9.59 Å². The Kier molecular flexibility index (Phi) is 8.19. The van der Waals surface area contributed by atoms with Crippen LogP contribution in [0.15, 0.2) is 91.1 Å². The third kappa shape index (κ3) is 6.58. The molecule has 0 fully saturated rings. The Morgan fingerprint density at radius 1 is 0.786 bits per heavy atom. The Morgan fingerprint density at radius 3 is 2.17 bits per heavy atom. The second-order valence-electron chi connectivity index (χ2n) is 10.8. The molecule has 0 aliphatic carbocycles. The van der Waals surface area contributed by atoms with Crippen molar-refractivity contribution >= 4 is 50.4 Å². The summed E-state index contributed by atoms with van der Waals surface area (Å²) in [6, 6.07) is 27.3. The van der Waals surface area contributed by atoms with Gasteiger partial charge in [-0.25, -0.2) is 15.0 Å². The summed E-state index contributed by atoms with van der Waals surface area (Å²) in [5.74, 6) is -0.581. The van der Waals surface area contributed by atoms with Crippen molar-refractivity contribution in [1.82, 2.24) is 20.7 Å². The molecule has 0 atom stereocenters. The molecule has 2 N–H and O–H groups in total. The maximum absolute atomic E-state index is 13.2. The largest absolute Gasteiger partial charge is 0.446 e. The fraction of sp³-hybridized carbons (Fsp3) is 0.212. The Morgan fingerprint density at radius 2 is 1.43 bits per heavy atom. The molecular formula is C33H32N4O5. The smallest absolute Gasteiger partial charge is 0.426 e. The summed E-state index contributed by atoms with van der Waals surface area (Å²) >= 11 is 0. The minimum absolute atomic E-state index is 0.0717. The number of amides is 3. The van der Waals surface area contributed by atoms with Crippen molar-refractivity contribution in [2.45, 2.75) is 32.9 Å². The molecule has 4 aromatic carbocycles. The van der Waals surface area contributed by atoms with Crippen LogP contribution >= 0.6 is 0 Å². The first-order valence-corrected chi connectivity index (χ1v) is 13.6. The van der Waals surface area contributed by atoms with Crippen molar-refractivity contribution in [3.63, 3.8) is 0 Å². The van der Waals surface area contributed by atoms with Gasteiger partial charge in [-0.05, 0) is 65.4 Å². The number of hydrazine groups is 1. The topological polar surface area (TPSA) is 110 Å². The van der Waals surface area contributed by atoms with Gasteiger partial charge in [0.1, 0.15) is 17.9 Å². The summed E-state index contributed by atoms with van der Waals surface area (Å²) in [7, 11) is 0. The van der Waals surface area contributed by atoms with Crippen molar-refractivity contribution < 1.29 is 23.9 Å². The highest BCUT2D eigenvalue weighted by Gasteiger charge is 2.24. The molecule has 214 valence electrons. The normalized spacial score (nSPS) is 11.3. The van der Waals surface area contributed by atoms with Crippen molar-refractivity contribution in [3.05, 3.63) is 102 Å². The molecule has 0 bridgehead atoms. The van der Waals surface area contributed by atoms with Crippen LogP contribution in [0, 0.1) is 0 Å². The number of nitrogens with zero attached hydrogens (tertiary/aromatic N) is 2.